The molecule has 0 radical (unpaired) electrons. The van der Waals surface area contributed by atoms with Crippen LogP contribution < -0.4 is 0 Å². The molecule has 3 rings (SSSR count). The second-order valence-corrected chi connectivity index (χ2v) is 5.09. The van der Waals surface area contributed by atoms with Crippen LogP contribution in [0.3, 0.4) is 0 Å². The van der Waals surface area contributed by atoms with E-state index in [1.807, 2.05) is 36.4 Å². The Balaban J connectivity index is 2.20. The number of aryl methyl sites for hydroxylation is 2. The van der Waals surface area contributed by atoms with Gasteiger partial charge in [-0.15, -0.1) is 5.10 Å². The quantitative estimate of drug-likeness (QED) is 0.801. The van der Waals surface area contributed by atoms with Gasteiger partial charge in [-0.3, -0.25) is 0 Å². The molecule has 106 valence electrons. The Kier molecular flexibility index (Phi) is 3.54. The van der Waals surface area contributed by atoms with Gasteiger partial charge in [-0.1, -0.05) is 41.6 Å². The maximum absolute atomic E-state index is 9.52. The Hall–Kier alpha value is -2.46. The molecule has 0 aliphatic rings. The van der Waals surface area contributed by atoms with Crippen molar-refractivity contribution in [2.75, 3.05) is 0 Å². The fraction of sp³-hybridized carbons (Fsp3) is 0.176. The van der Waals surface area contributed by atoms with Crippen LogP contribution in [0.25, 0.3) is 16.9 Å². The molecule has 0 bridgehead atoms. The molecule has 1 N–H and O–H groups in total. The summed E-state index contributed by atoms with van der Waals surface area (Å²) in [4.78, 5) is 0. The molecular weight excluding hydrogens is 262 g/mol. The second kappa shape index (κ2) is 5.50. The lowest BCUT2D eigenvalue weighted by Crippen LogP contribution is -2.01. The van der Waals surface area contributed by atoms with Crippen LogP contribution in [0.5, 0.6) is 0 Å². The van der Waals surface area contributed by atoms with E-state index in [1.165, 1.54) is 11.1 Å². The van der Waals surface area contributed by atoms with Crippen molar-refractivity contribution in [2.24, 2.45) is 0 Å². The second-order valence-electron chi connectivity index (χ2n) is 5.09. The minimum Gasteiger partial charge on any atom is -0.390 e. The summed E-state index contributed by atoms with van der Waals surface area (Å²) in [6.45, 7) is 4.03. The molecule has 0 fully saturated rings. The van der Waals surface area contributed by atoms with Gasteiger partial charge in [0.25, 0.3) is 0 Å². The van der Waals surface area contributed by atoms with Gasteiger partial charge in [-0.25, -0.2) is 4.68 Å². The van der Waals surface area contributed by atoms with E-state index in [4.69, 9.17) is 0 Å². The summed E-state index contributed by atoms with van der Waals surface area (Å²) in [7, 11) is 0. The molecule has 0 aliphatic heterocycles. The SMILES string of the molecule is Cc1ccc(-n2nnc(CO)c2-c2ccccc2)cc1C. The molecular formula is C17H17N3O. The topological polar surface area (TPSA) is 50.9 Å². The zero-order chi connectivity index (χ0) is 14.8. The molecule has 0 saturated carbocycles. The van der Waals surface area contributed by atoms with Crippen molar-refractivity contribution in [1.82, 2.24) is 15.0 Å². The van der Waals surface area contributed by atoms with Gasteiger partial charge in [0.05, 0.1) is 12.3 Å². The summed E-state index contributed by atoms with van der Waals surface area (Å²) in [6, 6.07) is 16.1. The van der Waals surface area contributed by atoms with Crippen LogP contribution >= 0.6 is 0 Å². The minimum atomic E-state index is -0.130. The first-order valence-electron chi connectivity index (χ1n) is 6.89. The van der Waals surface area contributed by atoms with Crippen molar-refractivity contribution >= 4 is 0 Å². The number of rotatable bonds is 3. The van der Waals surface area contributed by atoms with Gasteiger partial charge in [0, 0.05) is 5.56 Å². The Morgan fingerprint density at radius 1 is 1.00 bits per heavy atom. The molecule has 0 amide bonds. The van der Waals surface area contributed by atoms with Crippen molar-refractivity contribution in [3.63, 3.8) is 0 Å². The number of benzene rings is 2. The van der Waals surface area contributed by atoms with Crippen molar-refractivity contribution in [3.8, 4) is 16.9 Å². The van der Waals surface area contributed by atoms with Crippen LogP contribution in [-0.2, 0) is 6.61 Å². The summed E-state index contributed by atoms with van der Waals surface area (Å²) in [6.07, 6.45) is 0. The van der Waals surface area contributed by atoms with Gasteiger partial charge in [-0.05, 0) is 37.1 Å². The normalized spacial score (nSPS) is 10.8. The van der Waals surface area contributed by atoms with E-state index in [0.29, 0.717) is 5.69 Å². The fourth-order valence-electron chi connectivity index (χ4n) is 2.34. The number of hydrogen-bond donors (Lipinski definition) is 1. The van der Waals surface area contributed by atoms with E-state index in [-0.39, 0.29) is 6.61 Å². The van der Waals surface area contributed by atoms with Gasteiger partial charge in [0.2, 0.25) is 0 Å². The lowest BCUT2D eigenvalue weighted by Gasteiger charge is -2.09. The van der Waals surface area contributed by atoms with E-state index in [1.54, 1.807) is 4.68 Å². The third-order valence-electron chi connectivity index (χ3n) is 3.67. The Morgan fingerprint density at radius 3 is 2.43 bits per heavy atom. The molecule has 0 spiro atoms. The lowest BCUT2D eigenvalue weighted by molar-refractivity contribution is 0.277. The van der Waals surface area contributed by atoms with E-state index in [2.05, 4.69) is 36.3 Å². The van der Waals surface area contributed by atoms with Crippen LogP contribution in [0.15, 0.2) is 48.5 Å². The maximum atomic E-state index is 9.52. The van der Waals surface area contributed by atoms with Crippen LogP contribution in [0.4, 0.5) is 0 Å². The molecule has 0 saturated heterocycles. The number of aliphatic hydroxyl groups excluding tert-OH is 1. The average Bonchev–Trinajstić information content (AvgIpc) is 2.95. The van der Waals surface area contributed by atoms with Crippen LogP contribution in [0.1, 0.15) is 16.8 Å². The highest BCUT2D eigenvalue weighted by Crippen LogP contribution is 2.25. The van der Waals surface area contributed by atoms with Gasteiger partial charge >= 0.3 is 0 Å². The smallest absolute Gasteiger partial charge is 0.117 e. The standard InChI is InChI=1S/C17H17N3O/c1-12-8-9-15(10-13(12)2)20-17(16(11-21)18-19-20)14-6-4-3-5-7-14/h3-10,21H,11H2,1-2H3. The lowest BCUT2D eigenvalue weighted by atomic mass is 10.1. The van der Waals surface area contributed by atoms with Crippen molar-refractivity contribution < 1.29 is 5.11 Å². The van der Waals surface area contributed by atoms with Gasteiger partial charge < -0.3 is 5.11 Å². The largest absolute Gasteiger partial charge is 0.390 e. The summed E-state index contributed by atoms with van der Waals surface area (Å²) in [5, 5.41) is 17.8. The van der Waals surface area contributed by atoms with Gasteiger partial charge in [0.1, 0.15) is 11.4 Å². The highest BCUT2D eigenvalue weighted by atomic mass is 16.3. The first-order chi connectivity index (χ1) is 10.2. The number of nitrogens with zero attached hydrogens (tertiary/aromatic N) is 3. The third-order valence-corrected chi connectivity index (χ3v) is 3.67. The highest BCUT2D eigenvalue weighted by molar-refractivity contribution is 5.64. The Bertz CT molecular complexity index is 763. The monoisotopic (exact) mass is 279 g/mol. The van der Waals surface area contributed by atoms with Gasteiger partial charge in [-0.2, -0.15) is 0 Å². The van der Waals surface area contributed by atoms with E-state index < -0.39 is 0 Å². The van der Waals surface area contributed by atoms with Crippen molar-refractivity contribution in [3.05, 3.63) is 65.4 Å². The molecule has 0 unspecified atom stereocenters. The number of aromatic nitrogens is 3. The summed E-state index contributed by atoms with van der Waals surface area (Å²) in [5.41, 5.74) is 5.80. The van der Waals surface area contributed by atoms with E-state index in [9.17, 15) is 5.11 Å². The van der Waals surface area contributed by atoms with Crippen LogP contribution in [-0.4, -0.2) is 20.1 Å². The fourth-order valence-corrected chi connectivity index (χ4v) is 2.34. The predicted molar refractivity (Wildman–Crippen MR) is 82.2 cm³/mol. The van der Waals surface area contributed by atoms with Crippen LogP contribution in [0.2, 0.25) is 0 Å². The summed E-state index contributed by atoms with van der Waals surface area (Å²) >= 11 is 0. The first-order valence-corrected chi connectivity index (χ1v) is 6.89. The molecule has 0 atom stereocenters. The molecule has 4 heteroatoms. The molecule has 3 aromatic rings. The molecule has 21 heavy (non-hydrogen) atoms. The van der Waals surface area contributed by atoms with E-state index >= 15 is 0 Å². The zero-order valence-corrected chi connectivity index (χ0v) is 12.1. The molecule has 4 nitrogen and oxygen atoms in total. The Labute approximate surface area is 123 Å². The van der Waals surface area contributed by atoms with E-state index in [0.717, 1.165) is 16.9 Å². The van der Waals surface area contributed by atoms with Crippen molar-refractivity contribution in [2.45, 2.75) is 20.5 Å². The number of aliphatic hydroxyl groups is 1. The molecule has 2 aromatic carbocycles. The predicted octanol–water partition coefficient (Wildman–Crippen LogP) is 3.04. The van der Waals surface area contributed by atoms with Gasteiger partial charge in [0.15, 0.2) is 0 Å². The third kappa shape index (κ3) is 2.45. The number of hydrogen-bond acceptors (Lipinski definition) is 3. The molecule has 1 heterocycles. The maximum Gasteiger partial charge on any atom is 0.117 e. The summed E-state index contributed by atoms with van der Waals surface area (Å²) < 4.78 is 1.79. The minimum absolute atomic E-state index is 0.130. The average molecular weight is 279 g/mol. The first kappa shape index (κ1) is 13.5. The molecule has 0 aliphatic carbocycles. The molecule has 1 aromatic heterocycles. The van der Waals surface area contributed by atoms with Crippen LogP contribution in [0, 0.1) is 13.8 Å². The van der Waals surface area contributed by atoms with Crippen molar-refractivity contribution in [1.29, 1.82) is 0 Å². The highest BCUT2D eigenvalue weighted by Gasteiger charge is 2.15. The summed E-state index contributed by atoms with van der Waals surface area (Å²) in [5.74, 6) is 0. The Morgan fingerprint density at radius 2 is 1.76 bits per heavy atom. The zero-order valence-electron chi connectivity index (χ0n) is 12.1.